The fourth-order valence-electron chi connectivity index (χ4n) is 3.22. The summed E-state index contributed by atoms with van der Waals surface area (Å²) < 4.78 is 5.48. The van der Waals surface area contributed by atoms with Crippen molar-refractivity contribution in [1.29, 1.82) is 0 Å². The average Bonchev–Trinajstić information content (AvgIpc) is 2.72. The van der Waals surface area contributed by atoms with Crippen LogP contribution in [0.15, 0.2) is 42.7 Å². The third kappa shape index (κ3) is 4.70. The molecule has 6 heteroatoms. The van der Waals surface area contributed by atoms with Gasteiger partial charge in [0.05, 0.1) is 30.2 Å². The molecule has 1 aliphatic heterocycles. The van der Waals surface area contributed by atoms with Crippen LogP contribution in [0.3, 0.4) is 0 Å². The molecule has 0 bridgehead atoms. The average molecular weight is 368 g/mol. The Kier molecular flexibility index (Phi) is 6.16. The summed E-state index contributed by atoms with van der Waals surface area (Å²) in [5.41, 5.74) is 2.73. The Balaban J connectivity index is 1.64. The Hall–Kier alpha value is -2.76. The van der Waals surface area contributed by atoms with Crippen molar-refractivity contribution in [2.45, 2.75) is 13.8 Å². The van der Waals surface area contributed by atoms with E-state index in [2.05, 4.69) is 40.0 Å². The maximum absolute atomic E-state index is 12.3. The fraction of sp³-hybridized carbons (Fsp3) is 0.429. The Bertz CT molecular complexity index is 770. The molecule has 1 saturated heterocycles. The molecule has 1 N–H and O–H groups in total. The first-order valence-corrected chi connectivity index (χ1v) is 9.44. The molecule has 0 aliphatic carbocycles. The molecule has 2 aromatic rings. The van der Waals surface area contributed by atoms with Gasteiger partial charge >= 0.3 is 0 Å². The first kappa shape index (κ1) is 19.0. The number of carbonyl (C=O) groups excluding carboxylic acids is 1. The topological polar surface area (TPSA) is 57.7 Å². The Morgan fingerprint density at radius 3 is 2.56 bits per heavy atom. The van der Waals surface area contributed by atoms with Crippen molar-refractivity contribution < 1.29 is 9.53 Å². The molecular weight excluding hydrogens is 340 g/mol. The van der Waals surface area contributed by atoms with E-state index >= 15 is 0 Å². The zero-order chi connectivity index (χ0) is 19.2. The number of anilines is 2. The predicted octanol–water partition coefficient (Wildman–Crippen LogP) is 2.80. The zero-order valence-electron chi connectivity index (χ0n) is 16.3. The number of para-hydroxylation sites is 2. The van der Waals surface area contributed by atoms with Gasteiger partial charge in [-0.2, -0.15) is 0 Å². The van der Waals surface area contributed by atoms with E-state index in [1.807, 2.05) is 30.5 Å². The van der Waals surface area contributed by atoms with E-state index in [-0.39, 0.29) is 5.91 Å². The van der Waals surface area contributed by atoms with Crippen molar-refractivity contribution in [2.24, 2.45) is 5.92 Å². The number of pyridine rings is 1. The number of hydrogen-bond donors (Lipinski definition) is 1. The number of ether oxygens (including phenoxy) is 1. The molecular formula is C21H28N4O2. The molecule has 2 heterocycles. The molecule has 0 saturated carbocycles. The van der Waals surface area contributed by atoms with E-state index in [1.165, 1.54) is 0 Å². The van der Waals surface area contributed by atoms with Gasteiger partial charge in [0, 0.05) is 38.9 Å². The van der Waals surface area contributed by atoms with Crippen molar-refractivity contribution >= 4 is 17.3 Å². The summed E-state index contributed by atoms with van der Waals surface area (Å²) >= 11 is 0. The summed E-state index contributed by atoms with van der Waals surface area (Å²) in [7, 11) is 1.70. The molecule has 6 nitrogen and oxygen atoms in total. The second-order valence-corrected chi connectivity index (χ2v) is 7.18. The Morgan fingerprint density at radius 2 is 1.85 bits per heavy atom. The number of rotatable bonds is 6. The van der Waals surface area contributed by atoms with Gasteiger partial charge in [-0.1, -0.05) is 26.0 Å². The third-order valence-electron chi connectivity index (χ3n) is 4.73. The van der Waals surface area contributed by atoms with Crippen LogP contribution in [0.25, 0.3) is 0 Å². The van der Waals surface area contributed by atoms with E-state index in [1.54, 1.807) is 13.3 Å². The van der Waals surface area contributed by atoms with Crippen LogP contribution in [0, 0.1) is 5.92 Å². The van der Waals surface area contributed by atoms with Crippen LogP contribution >= 0.6 is 0 Å². The highest BCUT2D eigenvalue weighted by atomic mass is 16.5. The lowest BCUT2D eigenvalue weighted by Crippen LogP contribution is -2.46. The molecule has 1 aromatic carbocycles. The van der Waals surface area contributed by atoms with Gasteiger partial charge in [-0.3, -0.25) is 9.78 Å². The second kappa shape index (κ2) is 8.75. The first-order valence-electron chi connectivity index (χ1n) is 9.44. The van der Waals surface area contributed by atoms with Crippen LogP contribution in [0.4, 0.5) is 11.4 Å². The SMILES string of the molecule is COc1ccccc1N1CCN(c2cncc(C(=O)NCC(C)C)c2)CC1. The minimum absolute atomic E-state index is 0.0642. The minimum Gasteiger partial charge on any atom is -0.495 e. The van der Waals surface area contributed by atoms with Gasteiger partial charge in [-0.05, 0) is 24.1 Å². The maximum atomic E-state index is 12.3. The summed E-state index contributed by atoms with van der Waals surface area (Å²) in [4.78, 5) is 21.2. The van der Waals surface area contributed by atoms with Gasteiger partial charge < -0.3 is 19.9 Å². The van der Waals surface area contributed by atoms with Crippen LogP contribution in [-0.4, -0.2) is 50.7 Å². The number of nitrogens with one attached hydrogen (secondary N) is 1. The van der Waals surface area contributed by atoms with Gasteiger partial charge in [0.2, 0.25) is 0 Å². The summed E-state index contributed by atoms with van der Waals surface area (Å²) in [5, 5.41) is 2.95. The lowest BCUT2D eigenvalue weighted by molar-refractivity contribution is 0.0948. The number of aromatic nitrogens is 1. The van der Waals surface area contributed by atoms with Crippen LogP contribution in [0.1, 0.15) is 24.2 Å². The van der Waals surface area contributed by atoms with Crippen LogP contribution in [0.5, 0.6) is 5.75 Å². The molecule has 0 spiro atoms. The molecule has 1 aromatic heterocycles. The smallest absolute Gasteiger partial charge is 0.252 e. The molecule has 3 rings (SSSR count). The summed E-state index contributed by atoms with van der Waals surface area (Å²) in [6, 6.07) is 10.0. The summed E-state index contributed by atoms with van der Waals surface area (Å²) in [5.74, 6) is 1.26. The Labute approximate surface area is 161 Å². The number of amides is 1. The second-order valence-electron chi connectivity index (χ2n) is 7.18. The number of benzene rings is 1. The standard InChI is InChI=1S/C21H28N4O2/c1-16(2)13-23-21(26)17-12-18(15-22-14-17)24-8-10-25(11-9-24)19-6-4-5-7-20(19)27-3/h4-7,12,14-16H,8-11,13H2,1-3H3,(H,23,26). The summed E-state index contributed by atoms with van der Waals surface area (Å²) in [6.07, 6.45) is 3.46. The molecule has 27 heavy (non-hydrogen) atoms. The van der Waals surface area contributed by atoms with E-state index in [0.717, 1.165) is 43.3 Å². The number of hydrogen-bond acceptors (Lipinski definition) is 5. The van der Waals surface area contributed by atoms with Crippen molar-refractivity contribution in [3.05, 3.63) is 48.3 Å². The molecule has 0 radical (unpaired) electrons. The van der Waals surface area contributed by atoms with E-state index in [4.69, 9.17) is 4.74 Å². The van der Waals surface area contributed by atoms with E-state index in [9.17, 15) is 4.79 Å². The normalized spacial score (nSPS) is 14.4. The van der Waals surface area contributed by atoms with Gasteiger partial charge in [-0.25, -0.2) is 0 Å². The van der Waals surface area contributed by atoms with E-state index in [0.29, 0.717) is 18.0 Å². The molecule has 0 atom stereocenters. The highest BCUT2D eigenvalue weighted by Crippen LogP contribution is 2.29. The molecule has 0 unspecified atom stereocenters. The maximum Gasteiger partial charge on any atom is 0.252 e. The van der Waals surface area contributed by atoms with Gasteiger partial charge in [0.1, 0.15) is 5.75 Å². The van der Waals surface area contributed by atoms with Crippen molar-refractivity contribution in [2.75, 3.05) is 49.6 Å². The van der Waals surface area contributed by atoms with Gasteiger partial charge in [-0.15, -0.1) is 0 Å². The fourth-order valence-corrected chi connectivity index (χ4v) is 3.22. The molecule has 1 amide bonds. The molecule has 1 fully saturated rings. The lowest BCUT2D eigenvalue weighted by Gasteiger charge is -2.37. The summed E-state index contributed by atoms with van der Waals surface area (Å²) in [6.45, 7) is 8.36. The number of methoxy groups -OCH3 is 1. The van der Waals surface area contributed by atoms with Crippen LogP contribution < -0.4 is 19.9 Å². The number of carbonyl (C=O) groups is 1. The van der Waals surface area contributed by atoms with Gasteiger partial charge in [0.25, 0.3) is 5.91 Å². The molecule has 1 aliphatic rings. The third-order valence-corrected chi connectivity index (χ3v) is 4.73. The highest BCUT2D eigenvalue weighted by molar-refractivity contribution is 5.94. The monoisotopic (exact) mass is 368 g/mol. The molecule has 144 valence electrons. The zero-order valence-corrected chi connectivity index (χ0v) is 16.3. The lowest BCUT2D eigenvalue weighted by atomic mass is 10.2. The first-order chi connectivity index (χ1) is 13.1. The number of nitrogens with zero attached hydrogens (tertiary/aromatic N) is 3. The number of piperazine rings is 1. The largest absolute Gasteiger partial charge is 0.495 e. The van der Waals surface area contributed by atoms with E-state index < -0.39 is 0 Å². The minimum atomic E-state index is -0.0642. The van der Waals surface area contributed by atoms with Crippen LogP contribution in [-0.2, 0) is 0 Å². The highest BCUT2D eigenvalue weighted by Gasteiger charge is 2.20. The quantitative estimate of drug-likeness (QED) is 0.850. The van der Waals surface area contributed by atoms with Crippen molar-refractivity contribution in [1.82, 2.24) is 10.3 Å². The Morgan fingerprint density at radius 1 is 1.15 bits per heavy atom. The van der Waals surface area contributed by atoms with Crippen molar-refractivity contribution in [3.8, 4) is 5.75 Å². The van der Waals surface area contributed by atoms with Crippen molar-refractivity contribution in [3.63, 3.8) is 0 Å². The van der Waals surface area contributed by atoms with Gasteiger partial charge in [0.15, 0.2) is 0 Å². The predicted molar refractivity (Wildman–Crippen MR) is 109 cm³/mol. The van der Waals surface area contributed by atoms with Crippen LogP contribution in [0.2, 0.25) is 0 Å².